The third kappa shape index (κ3) is 3.15. The molecule has 7 nitrogen and oxygen atoms in total. The van der Waals surface area contributed by atoms with Gasteiger partial charge in [-0.1, -0.05) is 15.9 Å². The predicted molar refractivity (Wildman–Crippen MR) is 86.3 cm³/mol. The standard InChI is InChI=1S/C13H10BrN5O2S/c14-9-3-5-10(6-4-9)15-11(20)8-18-13(21)19(17-16-18)12-2-1-7-22-12/h1-7H,8H2,(H,15,20). The maximum Gasteiger partial charge on any atom is 0.369 e. The van der Waals surface area contributed by atoms with Crippen LogP contribution in [-0.4, -0.2) is 25.7 Å². The summed E-state index contributed by atoms with van der Waals surface area (Å²) in [6.07, 6.45) is 0. The molecule has 1 amide bonds. The maximum absolute atomic E-state index is 12.1. The van der Waals surface area contributed by atoms with Crippen molar-refractivity contribution in [3.8, 4) is 5.00 Å². The molecule has 2 aromatic heterocycles. The normalized spacial score (nSPS) is 10.6. The molecule has 3 rings (SSSR count). The van der Waals surface area contributed by atoms with Gasteiger partial charge in [0, 0.05) is 10.2 Å². The molecule has 1 N–H and O–H groups in total. The van der Waals surface area contributed by atoms with Gasteiger partial charge in [0.15, 0.2) is 0 Å². The highest BCUT2D eigenvalue weighted by molar-refractivity contribution is 9.10. The summed E-state index contributed by atoms with van der Waals surface area (Å²) in [6, 6.07) is 10.7. The highest BCUT2D eigenvalue weighted by atomic mass is 79.9. The number of tetrazole rings is 1. The Hall–Kier alpha value is -2.26. The molecule has 1 aromatic carbocycles. The summed E-state index contributed by atoms with van der Waals surface area (Å²) in [7, 11) is 0. The lowest BCUT2D eigenvalue weighted by Gasteiger charge is -2.04. The van der Waals surface area contributed by atoms with Crippen LogP contribution in [0.25, 0.3) is 5.00 Å². The molecular formula is C13H10BrN5O2S. The van der Waals surface area contributed by atoms with E-state index in [0.29, 0.717) is 10.7 Å². The van der Waals surface area contributed by atoms with E-state index >= 15 is 0 Å². The van der Waals surface area contributed by atoms with Crippen molar-refractivity contribution in [3.63, 3.8) is 0 Å². The fourth-order valence-corrected chi connectivity index (χ4v) is 2.70. The summed E-state index contributed by atoms with van der Waals surface area (Å²) in [5.41, 5.74) is 0.195. The largest absolute Gasteiger partial charge is 0.369 e. The molecule has 0 aliphatic rings. The first-order chi connectivity index (χ1) is 10.6. The van der Waals surface area contributed by atoms with Crippen molar-refractivity contribution >= 4 is 38.9 Å². The Balaban J connectivity index is 1.72. The van der Waals surface area contributed by atoms with Crippen LogP contribution >= 0.6 is 27.3 Å². The first-order valence-electron chi connectivity index (χ1n) is 6.25. The Morgan fingerprint density at radius 3 is 2.68 bits per heavy atom. The quantitative estimate of drug-likeness (QED) is 0.750. The zero-order valence-corrected chi connectivity index (χ0v) is 13.5. The number of rotatable bonds is 4. The molecule has 0 radical (unpaired) electrons. The molecule has 2 heterocycles. The Kier molecular flexibility index (Phi) is 4.16. The van der Waals surface area contributed by atoms with Crippen molar-refractivity contribution in [2.45, 2.75) is 6.54 Å². The van der Waals surface area contributed by atoms with Crippen molar-refractivity contribution < 1.29 is 4.79 Å². The lowest BCUT2D eigenvalue weighted by Crippen LogP contribution is -2.29. The van der Waals surface area contributed by atoms with Crippen LogP contribution < -0.4 is 11.0 Å². The molecule has 0 aliphatic carbocycles. The summed E-state index contributed by atoms with van der Waals surface area (Å²) in [5, 5.41) is 12.7. The number of anilines is 1. The topological polar surface area (TPSA) is 81.8 Å². The first-order valence-corrected chi connectivity index (χ1v) is 7.93. The van der Waals surface area contributed by atoms with E-state index in [4.69, 9.17) is 0 Å². The van der Waals surface area contributed by atoms with E-state index in [1.165, 1.54) is 11.3 Å². The van der Waals surface area contributed by atoms with Crippen LogP contribution in [0.2, 0.25) is 0 Å². The summed E-state index contributed by atoms with van der Waals surface area (Å²) in [4.78, 5) is 24.1. The second-order valence-corrected chi connectivity index (χ2v) is 6.18. The van der Waals surface area contributed by atoms with Gasteiger partial charge in [-0.15, -0.1) is 11.3 Å². The molecule has 3 aromatic rings. The van der Waals surface area contributed by atoms with Crippen LogP contribution in [0, 0.1) is 0 Å². The van der Waals surface area contributed by atoms with Gasteiger partial charge in [0.1, 0.15) is 11.5 Å². The smallest absolute Gasteiger partial charge is 0.324 e. The van der Waals surface area contributed by atoms with Crippen LogP contribution in [0.15, 0.2) is 51.0 Å². The van der Waals surface area contributed by atoms with E-state index in [-0.39, 0.29) is 12.5 Å². The summed E-state index contributed by atoms with van der Waals surface area (Å²) < 4.78 is 3.10. The van der Waals surface area contributed by atoms with E-state index in [1.807, 2.05) is 23.6 Å². The molecular weight excluding hydrogens is 370 g/mol. The molecule has 0 saturated heterocycles. The van der Waals surface area contributed by atoms with Crippen molar-refractivity contribution in [3.05, 3.63) is 56.7 Å². The molecule has 0 saturated carbocycles. The summed E-state index contributed by atoms with van der Waals surface area (Å²) in [6.45, 7) is -0.194. The molecule has 0 unspecified atom stereocenters. The number of carbonyl (C=O) groups is 1. The third-order valence-electron chi connectivity index (χ3n) is 2.78. The van der Waals surface area contributed by atoms with E-state index < -0.39 is 5.69 Å². The van der Waals surface area contributed by atoms with Gasteiger partial charge in [-0.2, -0.15) is 9.36 Å². The fourth-order valence-electron chi connectivity index (χ4n) is 1.77. The summed E-state index contributed by atoms with van der Waals surface area (Å²) in [5.74, 6) is -0.345. The van der Waals surface area contributed by atoms with E-state index in [0.717, 1.165) is 13.8 Å². The number of hydrogen-bond acceptors (Lipinski definition) is 5. The third-order valence-corrected chi connectivity index (χ3v) is 4.15. The molecule has 9 heteroatoms. The number of nitrogens with one attached hydrogen (secondary N) is 1. The van der Waals surface area contributed by atoms with Crippen molar-refractivity contribution in [2.75, 3.05) is 5.32 Å². The first kappa shape index (κ1) is 14.7. The van der Waals surface area contributed by atoms with E-state index in [1.54, 1.807) is 18.2 Å². The number of benzene rings is 1. The Bertz CT molecular complexity index is 838. The fraction of sp³-hybridized carbons (Fsp3) is 0.0769. The minimum atomic E-state index is -0.451. The molecule has 0 spiro atoms. The van der Waals surface area contributed by atoms with Gasteiger partial charge in [-0.25, -0.2) is 4.79 Å². The molecule has 0 aliphatic heterocycles. The van der Waals surface area contributed by atoms with Crippen LogP contribution in [-0.2, 0) is 11.3 Å². The lowest BCUT2D eigenvalue weighted by atomic mass is 10.3. The molecule has 0 atom stereocenters. The molecule has 22 heavy (non-hydrogen) atoms. The monoisotopic (exact) mass is 379 g/mol. The van der Waals surface area contributed by atoms with Gasteiger partial charge in [0.05, 0.1) is 0 Å². The lowest BCUT2D eigenvalue weighted by molar-refractivity contribution is -0.117. The number of amides is 1. The van der Waals surface area contributed by atoms with Gasteiger partial charge in [-0.05, 0) is 52.2 Å². The average molecular weight is 380 g/mol. The minimum absolute atomic E-state index is 0.194. The van der Waals surface area contributed by atoms with Crippen LogP contribution in [0.1, 0.15) is 0 Å². The van der Waals surface area contributed by atoms with Crippen LogP contribution in [0.4, 0.5) is 5.69 Å². The second kappa shape index (κ2) is 6.24. The number of hydrogen-bond donors (Lipinski definition) is 1. The highest BCUT2D eigenvalue weighted by Gasteiger charge is 2.12. The van der Waals surface area contributed by atoms with E-state index in [9.17, 15) is 9.59 Å². The van der Waals surface area contributed by atoms with Crippen molar-refractivity contribution in [1.82, 2.24) is 19.8 Å². The van der Waals surface area contributed by atoms with Gasteiger partial charge >= 0.3 is 5.69 Å². The van der Waals surface area contributed by atoms with Crippen LogP contribution in [0.3, 0.4) is 0 Å². The number of nitrogens with zero attached hydrogens (tertiary/aromatic N) is 4. The van der Waals surface area contributed by atoms with Gasteiger partial charge in [0.2, 0.25) is 5.91 Å². The van der Waals surface area contributed by atoms with Crippen LogP contribution in [0.5, 0.6) is 0 Å². The van der Waals surface area contributed by atoms with Gasteiger partial charge in [-0.3, -0.25) is 4.79 Å². The molecule has 0 bridgehead atoms. The van der Waals surface area contributed by atoms with Crippen molar-refractivity contribution in [1.29, 1.82) is 0 Å². The highest BCUT2D eigenvalue weighted by Crippen LogP contribution is 2.14. The number of thiophene rings is 1. The predicted octanol–water partition coefficient (Wildman–Crippen LogP) is 1.89. The second-order valence-electron chi connectivity index (χ2n) is 4.34. The van der Waals surface area contributed by atoms with Crippen molar-refractivity contribution in [2.24, 2.45) is 0 Å². The SMILES string of the molecule is O=C(Cn1nnn(-c2cccs2)c1=O)Nc1ccc(Br)cc1. The van der Waals surface area contributed by atoms with E-state index in [2.05, 4.69) is 31.7 Å². The minimum Gasteiger partial charge on any atom is -0.324 e. The molecule has 112 valence electrons. The zero-order chi connectivity index (χ0) is 15.5. The summed E-state index contributed by atoms with van der Waals surface area (Å²) >= 11 is 4.69. The van der Waals surface area contributed by atoms with Gasteiger partial charge < -0.3 is 5.32 Å². The van der Waals surface area contributed by atoms with Gasteiger partial charge in [0.25, 0.3) is 0 Å². The number of halogens is 1. The zero-order valence-electron chi connectivity index (χ0n) is 11.1. The Morgan fingerprint density at radius 2 is 2.00 bits per heavy atom. The number of carbonyl (C=O) groups excluding carboxylic acids is 1. The average Bonchev–Trinajstić information content (AvgIpc) is 3.12. The Morgan fingerprint density at radius 1 is 1.23 bits per heavy atom. The Labute approximate surface area is 137 Å². The number of aromatic nitrogens is 4. The molecule has 0 fully saturated rings. The maximum atomic E-state index is 12.1.